The highest BCUT2D eigenvalue weighted by Gasteiger charge is 2.09. The second kappa shape index (κ2) is 5.75. The van der Waals surface area contributed by atoms with Crippen LogP contribution in [0.4, 0.5) is 0 Å². The lowest BCUT2D eigenvalue weighted by Crippen LogP contribution is -3.00. The predicted molar refractivity (Wildman–Crippen MR) is 58.1 cm³/mol. The van der Waals surface area contributed by atoms with E-state index in [-0.39, 0.29) is 19.0 Å². The summed E-state index contributed by atoms with van der Waals surface area (Å²) < 4.78 is 3.73. The van der Waals surface area contributed by atoms with Gasteiger partial charge in [0.05, 0.1) is 6.61 Å². The van der Waals surface area contributed by atoms with Gasteiger partial charge in [0.2, 0.25) is 0 Å². The van der Waals surface area contributed by atoms with E-state index in [1.807, 2.05) is 47.8 Å². The molecule has 0 amide bonds. The third kappa shape index (κ3) is 3.25. The fraction of sp³-hybridized carbons (Fsp3) is 0.364. The summed E-state index contributed by atoms with van der Waals surface area (Å²) in [5, 5.41) is 8.83. The van der Waals surface area contributed by atoms with E-state index < -0.39 is 0 Å². The van der Waals surface area contributed by atoms with Crippen molar-refractivity contribution in [1.82, 2.24) is 14.5 Å². The Morgan fingerprint density at radius 1 is 1.29 bits per heavy atom. The highest BCUT2D eigenvalue weighted by molar-refractivity contribution is 5.17. The number of aliphatic hydroxyl groups is 1. The van der Waals surface area contributed by atoms with Crippen molar-refractivity contribution in [2.24, 2.45) is 0 Å². The van der Waals surface area contributed by atoms with Crippen LogP contribution in [0.15, 0.2) is 24.8 Å². The van der Waals surface area contributed by atoms with E-state index >= 15 is 0 Å². The lowest BCUT2D eigenvalue weighted by molar-refractivity contribution is -0.697. The molecule has 5 nitrogen and oxygen atoms in total. The van der Waals surface area contributed by atoms with Gasteiger partial charge < -0.3 is 17.5 Å². The van der Waals surface area contributed by atoms with Crippen LogP contribution in [-0.2, 0) is 6.54 Å². The number of aliphatic hydroxyl groups excluding tert-OH is 1. The molecular formula is C11H15ClN4O. The molecule has 0 spiro atoms. The van der Waals surface area contributed by atoms with Crippen molar-refractivity contribution >= 4 is 0 Å². The van der Waals surface area contributed by atoms with Gasteiger partial charge in [-0.3, -0.25) is 0 Å². The summed E-state index contributed by atoms with van der Waals surface area (Å²) in [4.78, 5) is 8.71. The van der Waals surface area contributed by atoms with E-state index in [1.165, 1.54) is 0 Å². The van der Waals surface area contributed by atoms with E-state index in [0.29, 0.717) is 12.5 Å². The van der Waals surface area contributed by atoms with E-state index in [1.54, 1.807) is 0 Å². The Hall–Kier alpha value is -1.46. The SMILES string of the molecule is Cc1cc(C)nc(-n2cc[n+](CCO)c2)n1.[Cl-]. The minimum atomic E-state index is 0. The zero-order chi connectivity index (χ0) is 11.5. The van der Waals surface area contributed by atoms with Crippen molar-refractivity contribution in [3.63, 3.8) is 0 Å². The first-order valence-corrected chi connectivity index (χ1v) is 5.19. The summed E-state index contributed by atoms with van der Waals surface area (Å²) in [5.41, 5.74) is 1.90. The Bertz CT molecular complexity index is 478. The molecule has 17 heavy (non-hydrogen) atoms. The highest BCUT2D eigenvalue weighted by Crippen LogP contribution is 2.03. The van der Waals surface area contributed by atoms with Crippen LogP contribution in [0, 0.1) is 13.8 Å². The minimum absolute atomic E-state index is 0. The molecule has 2 rings (SSSR count). The molecule has 0 saturated heterocycles. The maximum Gasteiger partial charge on any atom is 0.326 e. The van der Waals surface area contributed by atoms with Crippen LogP contribution in [0.3, 0.4) is 0 Å². The van der Waals surface area contributed by atoms with Crippen LogP contribution in [0.1, 0.15) is 11.4 Å². The number of imidazole rings is 1. The molecular weight excluding hydrogens is 240 g/mol. The van der Waals surface area contributed by atoms with Crippen molar-refractivity contribution in [2.45, 2.75) is 20.4 Å². The average Bonchev–Trinajstić information content (AvgIpc) is 2.65. The van der Waals surface area contributed by atoms with Gasteiger partial charge in [-0.15, -0.1) is 0 Å². The van der Waals surface area contributed by atoms with Gasteiger partial charge in [-0.2, -0.15) is 14.5 Å². The van der Waals surface area contributed by atoms with Crippen molar-refractivity contribution in [3.8, 4) is 5.95 Å². The molecule has 0 aliphatic rings. The van der Waals surface area contributed by atoms with E-state index in [9.17, 15) is 0 Å². The third-order valence-corrected chi connectivity index (χ3v) is 2.25. The lowest BCUT2D eigenvalue weighted by Gasteiger charge is -1.97. The molecule has 2 heterocycles. The normalized spacial score (nSPS) is 10.1. The van der Waals surface area contributed by atoms with Gasteiger partial charge in [0.25, 0.3) is 6.33 Å². The second-order valence-corrected chi connectivity index (χ2v) is 3.73. The molecule has 0 atom stereocenters. The predicted octanol–water partition coefficient (Wildman–Crippen LogP) is -2.83. The summed E-state index contributed by atoms with van der Waals surface area (Å²) in [6.07, 6.45) is 5.63. The van der Waals surface area contributed by atoms with Crippen LogP contribution < -0.4 is 17.0 Å². The summed E-state index contributed by atoms with van der Waals surface area (Å²) in [5.74, 6) is 0.661. The van der Waals surface area contributed by atoms with Gasteiger partial charge in [0, 0.05) is 11.4 Å². The lowest BCUT2D eigenvalue weighted by atomic mass is 10.4. The first-order chi connectivity index (χ1) is 7.69. The Morgan fingerprint density at radius 3 is 2.53 bits per heavy atom. The van der Waals surface area contributed by atoms with Crippen LogP contribution in [0.2, 0.25) is 0 Å². The quantitative estimate of drug-likeness (QED) is 0.601. The molecule has 0 saturated carbocycles. The molecule has 0 fully saturated rings. The second-order valence-electron chi connectivity index (χ2n) is 3.73. The minimum Gasteiger partial charge on any atom is -1.00 e. The molecule has 92 valence electrons. The summed E-state index contributed by atoms with van der Waals surface area (Å²) in [6, 6.07) is 1.94. The molecule has 0 bridgehead atoms. The highest BCUT2D eigenvalue weighted by atomic mass is 35.5. The van der Waals surface area contributed by atoms with Crippen LogP contribution in [0.5, 0.6) is 0 Å². The monoisotopic (exact) mass is 254 g/mol. The van der Waals surface area contributed by atoms with Crippen molar-refractivity contribution in [3.05, 3.63) is 36.2 Å². The maximum absolute atomic E-state index is 8.83. The van der Waals surface area contributed by atoms with Crippen molar-refractivity contribution in [1.29, 1.82) is 0 Å². The van der Waals surface area contributed by atoms with E-state index in [2.05, 4.69) is 9.97 Å². The van der Waals surface area contributed by atoms with Crippen LogP contribution in [0.25, 0.3) is 5.95 Å². The molecule has 0 radical (unpaired) electrons. The zero-order valence-corrected chi connectivity index (χ0v) is 10.6. The molecule has 1 N–H and O–H groups in total. The number of hydrogen-bond donors (Lipinski definition) is 1. The fourth-order valence-electron chi connectivity index (χ4n) is 1.58. The van der Waals surface area contributed by atoms with Gasteiger partial charge >= 0.3 is 5.95 Å². The zero-order valence-electron chi connectivity index (χ0n) is 9.84. The maximum atomic E-state index is 8.83. The Labute approximate surface area is 106 Å². The molecule has 6 heteroatoms. The Kier molecular flexibility index (Phi) is 4.60. The Morgan fingerprint density at radius 2 is 1.94 bits per heavy atom. The first kappa shape index (κ1) is 13.6. The first-order valence-electron chi connectivity index (χ1n) is 5.19. The van der Waals surface area contributed by atoms with Gasteiger partial charge in [-0.25, -0.2) is 4.57 Å². The molecule has 0 aliphatic carbocycles. The van der Waals surface area contributed by atoms with E-state index in [0.717, 1.165) is 11.4 Å². The number of hydrogen-bond acceptors (Lipinski definition) is 3. The number of rotatable bonds is 3. The van der Waals surface area contributed by atoms with Crippen molar-refractivity contribution in [2.75, 3.05) is 6.61 Å². The summed E-state index contributed by atoms with van der Waals surface area (Å²) in [7, 11) is 0. The van der Waals surface area contributed by atoms with Gasteiger partial charge in [0.1, 0.15) is 18.9 Å². The number of nitrogens with zero attached hydrogens (tertiary/aromatic N) is 4. The van der Waals surface area contributed by atoms with Crippen molar-refractivity contribution < 1.29 is 22.1 Å². The smallest absolute Gasteiger partial charge is 0.326 e. The van der Waals surface area contributed by atoms with Crippen LogP contribution >= 0.6 is 0 Å². The topological polar surface area (TPSA) is 54.8 Å². The largest absolute Gasteiger partial charge is 1.00 e. The average molecular weight is 255 g/mol. The summed E-state index contributed by atoms with van der Waals surface area (Å²) >= 11 is 0. The Balaban J connectivity index is 0.00000144. The number of aryl methyl sites for hydroxylation is 2. The molecule has 2 aromatic rings. The fourth-order valence-corrected chi connectivity index (χ4v) is 1.58. The summed E-state index contributed by atoms with van der Waals surface area (Å²) in [6.45, 7) is 4.60. The van der Waals surface area contributed by atoms with E-state index in [4.69, 9.17) is 5.11 Å². The van der Waals surface area contributed by atoms with Gasteiger partial charge in [-0.1, -0.05) is 0 Å². The molecule has 0 unspecified atom stereocenters. The third-order valence-electron chi connectivity index (χ3n) is 2.25. The standard InChI is InChI=1S/C11H15N4O.ClH/c1-9-7-10(2)13-11(12-9)15-4-3-14(8-15)5-6-16;/h3-4,7-8,16H,5-6H2,1-2H3;1H/q+1;/p-1. The molecule has 0 aromatic carbocycles. The van der Waals surface area contributed by atoms with Crippen LogP contribution in [-0.4, -0.2) is 26.2 Å². The number of halogens is 1. The molecule has 0 aliphatic heterocycles. The van der Waals surface area contributed by atoms with Gasteiger partial charge in [-0.05, 0) is 19.9 Å². The van der Waals surface area contributed by atoms with Gasteiger partial charge in [0.15, 0.2) is 0 Å². The number of aromatic nitrogens is 4. The molecule has 2 aromatic heterocycles.